The van der Waals surface area contributed by atoms with Gasteiger partial charge in [0.05, 0.1) is 6.20 Å². The van der Waals surface area contributed by atoms with Gasteiger partial charge in [0.15, 0.2) is 5.03 Å². The Morgan fingerprint density at radius 3 is 2.53 bits per heavy atom. The van der Waals surface area contributed by atoms with Gasteiger partial charge in [-0.25, -0.2) is 18.1 Å². The summed E-state index contributed by atoms with van der Waals surface area (Å²) < 4.78 is 27.0. The largest absolute Gasteiger partial charge is 0.332 e. The molecule has 0 unspecified atom stereocenters. The lowest BCUT2D eigenvalue weighted by atomic mass is 9.97. The van der Waals surface area contributed by atoms with Crippen molar-refractivity contribution in [2.75, 3.05) is 20.6 Å². The standard InChI is InChI=1S/C12H22N4O2S/c1-10-13-8-11(15-10)19(17,18)14-9-12(16(2)3)6-4-5-7-12/h8,14H,4-7,9H2,1-3H3,(H,13,15). The molecule has 2 N–H and O–H groups in total. The first-order valence-corrected chi connectivity index (χ1v) is 8.03. The van der Waals surface area contributed by atoms with Crippen molar-refractivity contribution >= 4 is 10.0 Å². The first-order valence-electron chi connectivity index (χ1n) is 6.54. The molecule has 0 atom stereocenters. The van der Waals surface area contributed by atoms with Gasteiger partial charge in [-0.2, -0.15) is 0 Å². The van der Waals surface area contributed by atoms with Gasteiger partial charge in [-0.1, -0.05) is 12.8 Å². The second-order valence-corrected chi connectivity index (χ2v) is 7.22. The van der Waals surface area contributed by atoms with E-state index in [0.29, 0.717) is 12.4 Å². The van der Waals surface area contributed by atoms with Gasteiger partial charge in [0, 0.05) is 12.1 Å². The van der Waals surface area contributed by atoms with Gasteiger partial charge in [0.1, 0.15) is 5.82 Å². The molecule has 1 aliphatic carbocycles. The normalized spacial score (nSPS) is 19.2. The second kappa shape index (κ2) is 5.22. The topological polar surface area (TPSA) is 78.1 Å². The molecule has 6 nitrogen and oxygen atoms in total. The fourth-order valence-electron chi connectivity index (χ4n) is 2.66. The van der Waals surface area contributed by atoms with Crippen LogP contribution in [0.2, 0.25) is 0 Å². The fourth-order valence-corrected chi connectivity index (χ4v) is 3.74. The zero-order valence-electron chi connectivity index (χ0n) is 11.7. The highest BCUT2D eigenvalue weighted by molar-refractivity contribution is 7.89. The van der Waals surface area contributed by atoms with E-state index in [2.05, 4.69) is 19.6 Å². The average Bonchev–Trinajstić information content (AvgIpc) is 2.96. The van der Waals surface area contributed by atoms with Gasteiger partial charge in [0.2, 0.25) is 0 Å². The average molecular weight is 286 g/mol. The summed E-state index contributed by atoms with van der Waals surface area (Å²) in [5.74, 6) is 0.601. The third-order valence-corrected chi connectivity index (χ3v) is 5.35. The summed E-state index contributed by atoms with van der Waals surface area (Å²) in [4.78, 5) is 8.83. The predicted molar refractivity (Wildman–Crippen MR) is 73.4 cm³/mol. The lowest BCUT2D eigenvalue weighted by Gasteiger charge is -2.36. The van der Waals surface area contributed by atoms with Crippen LogP contribution in [0.25, 0.3) is 0 Å². The first kappa shape index (κ1) is 14.5. The zero-order chi connectivity index (χ0) is 14.1. The van der Waals surface area contributed by atoms with Crippen LogP contribution in [-0.4, -0.2) is 49.5 Å². The number of hydrogen-bond acceptors (Lipinski definition) is 4. The van der Waals surface area contributed by atoms with E-state index in [4.69, 9.17) is 0 Å². The highest BCUT2D eigenvalue weighted by Gasteiger charge is 2.37. The fraction of sp³-hybridized carbons (Fsp3) is 0.750. The van der Waals surface area contributed by atoms with Crippen molar-refractivity contribution in [3.8, 4) is 0 Å². The molecule has 0 aromatic carbocycles. The number of likely N-dealkylation sites (N-methyl/N-ethyl adjacent to an activating group) is 1. The molecule has 0 aliphatic heterocycles. The molecule has 1 saturated carbocycles. The number of aromatic amines is 1. The predicted octanol–water partition coefficient (Wildman–Crippen LogP) is 0.871. The van der Waals surface area contributed by atoms with E-state index >= 15 is 0 Å². The molecule has 19 heavy (non-hydrogen) atoms. The number of hydrogen-bond donors (Lipinski definition) is 2. The van der Waals surface area contributed by atoms with E-state index in [9.17, 15) is 8.42 Å². The van der Waals surface area contributed by atoms with Gasteiger partial charge < -0.3 is 9.88 Å². The zero-order valence-corrected chi connectivity index (χ0v) is 12.5. The van der Waals surface area contributed by atoms with Crippen LogP contribution in [0.4, 0.5) is 0 Å². The molecule has 2 rings (SSSR count). The molecular formula is C12H22N4O2S. The molecule has 1 heterocycles. The highest BCUT2D eigenvalue weighted by atomic mass is 32.2. The van der Waals surface area contributed by atoms with E-state index in [1.807, 2.05) is 14.1 Å². The molecule has 0 amide bonds. The van der Waals surface area contributed by atoms with Crippen LogP contribution in [0.1, 0.15) is 31.5 Å². The summed E-state index contributed by atoms with van der Waals surface area (Å²) in [6, 6.07) is 0. The van der Waals surface area contributed by atoms with Crippen LogP contribution in [0, 0.1) is 6.92 Å². The minimum atomic E-state index is -3.49. The Balaban J connectivity index is 2.09. The Morgan fingerprint density at radius 2 is 2.05 bits per heavy atom. The number of sulfonamides is 1. The molecule has 0 spiro atoms. The number of nitrogens with zero attached hydrogens (tertiary/aromatic N) is 2. The van der Waals surface area contributed by atoms with Crippen molar-refractivity contribution in [1.82, 2.24) is 19.6 Å². The van der Waals surface area contributed by atoms with Crippen molar-refractivity contribution in [3.05, 3.63) is 12.0 Å². The van der Waals surface area contributed by atoms with Gasteiger partial charge in [0.25, 0.3) is 10.0 Å². The summed E-state index contributed by atoms with van der Waals surface area (Å²) >= 11 is 0. The molecule has 1 aliphatic rings. The summed E-state index contributed by atoms with van der Waals surface area (Å²) in [6.45, 7) is 2.18. The van der Waals surface area contributed by atoms with E-state index < -0.39 is 10.0 Å². The molecule has 1 fully saturated rings. The molecule has 108 valence electrons. The van der Waals surface area contributed by atoms with E-state index in [1.165, 1.54) is 6.20 Å². The monoisotopic (exact) mass is 286 g/mol. The van der Waals surface area contributed by atoms with Crippen molar-refractivity contribution in [2.24, 2.45) is 0 Å². The minimum absolute atomic E-state index is 0.0534. The minimum Gasteiger partial charge on any atom is -0.332 e. The van der Waals surface area contributed by atoms with Crippen LogP contribution in [0.3, 0.4) is 0 Å². The second-order valence-electron chi connectivity index (χ2n) is 5.48. The van der Waals surface area contributed by atoms with E-state index in [-0.39, 0.29) is 10.6 Å². The Morgan fingerprint density at radius 1 is 1.42 bits per heavy atom. The van der Waals surface area contributed by atoms with Crippen LogP contribution in [-0.2, 0) is 10.0 Å². The molecule has 1 aromatic rings. The van der Waals surface area contributed by atoms with E-state index in [0.717, 1.165) is 25.7 Å². The van der Waals surface area contributed by atoms with Crippen LogP contribution >= 0.6 is 0 Å². The van der Waals surface area contributed by atoms with Gasteiger partial charge in [-0.15, -0.1) is 0 Å². The van der Waals surface area contributed by atoms with E-state index in [1.54, 1.807) is 6.92 Å². The summed E-state index contributed by atoms with van der Waals surface area (Å²) in [5.41, 5.74) is -0.0534. The lowest BCUT2D eigenvalue weighted by Crippen LogP contribution is -2.50. The SMILES string of the molecule is Cc1ncc(S(=O)(=O)NCC2(N(C)C)CCCC2)[nH]1. The summed E-state index contributed by atoms with van der Waals surface area (Å²) in [7, 11) is 0.534. The number of nitrogens with one attached hydrogen (secondary N) is 2. The van der Waals surface area contributed by atoms with Crippen LogP contribution in [0.15, 0.2) is 11.2 Å². The van der Waals surface area contributed by atoms with Gasteiger partial charge in [-0.05, 0) is 33.9 Å². The quantitative estimate of drug-likeness (QED) is 0.842. The lowest BCUT2D eigenvalue weighted by molar-refractivity contribution is 0.162. The number of aryl methyl sites for hydroxylation is 1. The summed E-state index contributed by atoms with van der Waals surface area (Å²) in [6.07, 6.45) is 5.73. The number of rotatable bonds is 5. The Bertz CT molecular complexity index is 530. The van der Waals surface area contributed by atoms with Gasteiger partial charge in [-0.3, -0.25) is 0 Å². The van der Waals surface area contributed by atoms with Crippen molar-refractivity contribution in [3.63, 3.8) is 0 Å². The van der Waals surface area contributed by atoms with Gasteiger partial charge >= 0.3 is 0 Å². The van der Waals surface area contributed by atoms with Crippen molar-refractivity contribution in [2.45, 2.75) is 43.2 Å². The molecule has 0 saturated heterocycles. The molecule has 0 bridgehead atoms. The third-order valence-electron chi connectivity index (χ3n) is 4.04. The highest BCUT2D eigenvalue weighted by Crippen LogP contribution is 2.33. The molecular weight excluding hydrogens is 264 g/mol. The third kappa shape index (κ3) is 2.98. The van der Waals surface area contributed by atoms with Crippen molar-refractivity contribution in [1.29, 1.82) is 0 Å². The Kier molecular flexibility index (Phi) is 3.98. The Hall–Kier alpha value is -0.920. The summed E-state index contributed by atoms with van der Waals surface area (Å²) in [5, 5.41) is 0.136. The van der Waals surface area contributed by atoms with Crippen LogP contribution < -0.4 is 4.72 Å². The first-order chi connectivity index (χ1) is 8.86. The molecule has 1 aromatic heterocycles. The molecule has 7 heteroatoms. The maximum Gasteiger partial charge on any atom is 0.257 e. The number of aromatic nitrogens is 2. The maximum absolute atomic E-state index is 12.2. The molecule has 0 radical (unpaired) electrons. The van der Waals surface area contributed by atoms with Crippen LogP contribution in [0.5, 0.6) is 0 Å². The number of imidazole rings is 1. The Labute approximate surface area is 114 Å². The smallest absolute Gasteiger partial charge is 0.257 e. The maximum atomic E-state index is 12.2. The van der Waals surface area contributed by atoms with Crippen molar-refractivity contribution < 1.29 is 8.42 Å². The number of H-pyrrole nitrogens is 1.